The van der Waals surface area contributed by atoms with Crippen molar-refractivity contribution < 1.29 is 14.3 Å². The summed E-state index contributed by atoms with van der Waals surface area (Å²) in [5.74, 6) is 0.126. The monoisotopic (exact) mass is 414 g/mol. The molecule has 2 N–H and O–H groups in total. The van der Waals surface area contributed by atoms with Crippen LogP contribution in [0.5, 0.6) is 0 Å². The van der Waals surface area contributed by atoms with Crippen molar-refractivity contribution in [3.8, 4) is 0 Å². The number of carboxylic acid groups (broad SMARTS) is 1. The van der Waals surface area contributed by atoms with E-state index in [1.807, 2.05) is 17.8 Å². The van der Waals surface area contributed by atoms with Gasteiger partial charge in [0, 0.05) is 27.9 Å². The summed E-state index contributed by atoms with van der Waals surface area (Å²) in [6.07, 6.45) is 4.85. The van der Waals surface area contributed by atoms with Crippen LogP contribution in [-0.4, -0.2) is 27.6 Å². The van der Waals surface area contributed by atoms with E-state index in [9.17, 15) is 14.3 Å². The highest BCUT2D eigenvalue weighted by Gasteiger charge is 2.18. The van der Waals surface area contributed by atoms with Crippen molar-refractivity contribution in [3.63, 3.8) is 0 Å². The molecular formula is C21H16ClFN2O2S. The first-order valence-electron chi connectivity index (χ1n) is 8.68. The Morgan fingerprint density at radius 3 is 2.86 bits per heavy atom. The van der Waals surface area contributed by atoms with E-state index in [1.54, 1.807) is 18.3 Å². The summed E-state index contributed by atoms with van der Waals surface area (Å²) in [7, 11) is 0. The van der Waals surface area contributed by atoms with Crippen molar-refractivity contribution in [2.45, 2.75) is 6.42 Å². The van der Waals surface area contributed by atoms with Crippen LogP contribution in [0.4, 0.5) is 15.8 Å². The maximum atomic E-state index is 13.6. The molecule has 0 atom stereocenters. The Kier molecular flexibility index (Phi) is 5.24. The standard InChI is InChI=1S/C21H16ClFN2O2S/c22-13-1-3-18-15(9-13)20(17(11-24-18)12-5-7-28-8-6-12)25-19-4-2-14(23)10-16(19)21(26)27/h1-5,9-11H,6-8H2,(H,24,25)(H,26,27). The van der Waals surface area contributed by atoms with Gasteiger partial charge in [0.15, 0.2) is 0 Å². The number of hydrogen-bond donors (Lipinski definition) is 2. The molecule has 0 aliphatic carbocycles. The fraction of sp³-hybridized carbons (Fsp3) is 0.143. The van der Waals surface area contributed by atoms with Gasteiger partial charge in [-0.05, 0) is 54.1 Å². The summed E-state index contributed by atoms with van der Waals surface area (Å²) in [5, 5.41) is 14.1. The van der Waals surface area contributed by atoms with E-state index in [4.69, 9.17) is 11.6 Å². The molecular weight excluding hydrogens is 399 g/mol. The first kappa shape index (κ1) is 18.8. The summed E-state index contributed by atoms with van der Waals surface area (Å²) in [4.78, 5) is 16.2. The van der Waals surface area contributed by atoms with Crippen molar-refractivity contribution in [3.05, 3.63) is 70.6 Å². The summed E-state index contributed by atoms with van der Waals surface area (Å²) >= 11 is 8.08. The second-order valence-corrected chi connectivity index (χ2v) is 7.97. The molecule has 0 saturated carbocycles. The van der Waals surface area contributed by atoms with E-state index in [-0.39, 0.29) is 5.56 Å². The van der Waals surface area contributed by atoms with Gasteiger partial charge in [-0.3, -0.25) is 4.98 Å². The van der Waals surface area contributed by atoms with Gasteiger partial charge >= 0.3 is 5.97 Å². The van der Waals surface area contributed by atoms with Crippen molar-refractivity contribution in [2.75, 3.05) is 16.8 Å². The van der Waals surface area contributed by atoms with Gasteiger partial charge in [-0.15, -0.1) is 0 Å². The molecule has 0 spiro atoms. The van der Waals surface area contributed by atoms with E-state index >= 15 is 0 Å². The Balaban J connectivity index is 1.92. The highest BCUT2D eigenvalue weighted by molar-refractivity contribution is 7.99. The largest absolute Gasteiger partial charge is 0.478 e. The Bertz CT molecular complexity index is 1120. The zero-order valence-corrected chi connectivity index (χ0v) is 16.3. The van der Waals surface area contributed by atoms with Crippen LogP contribution in [0, 0.1) is 5.82 Å². The minimum Gasteiger partial charge on any atom is -0.478 e. The molecule has 1 aliphatic rings. The molecule has 2 aromatic carbocycles. The summed E-state index contributed by atoms with van der Waals surface area (Å²) in [5.41, 5.74) is 3.69. The lowest BCUT2D eigenvalue weighted by Crippen LogP contribution is -2.06. The Labute approximate surface area is 170 Å². The third kappa shape index (κ3) is 3.70. The number of aromatic carboxylic acids is 1. The lowest BCUT2D eigenvalue weighted by atomic mass is 9.99. The predicted molar refractivity (Wildman–Crippen MR) is 113 cm³/mol. The average molecular weight is 415 g/mol. The minimum atomic E-state index is -1.20. The molecule has 0 fully saturated rings. The van der Waals surface area contributed by atoms with Crippen LogP contribution in [-0.2, 0) is 0 Å². The van der Waals surface area contributed by atoms with E-state index < -0.39 is 11.8 Å². The van der Waals surface area contributed by atoms with Gasteiger partial charge in [-0.1, -0.05) is 17.7 Å². The van der Waals surface area contributed by atoms with Crippen LogP contribution >= 0.6 is 23.4 Å². The number of nitrogens with one attached hydrogen (secondary N) is 1. The highest BCUT2D eigenvalue weighted by Crippen LogP contribution is 2.38. The Morgan fingerprint density at radius 2 is 2.11 bits per heavy atom. The van der Waals surface area contributed by atoms with E-state index in [2.05, 4.69) is 16.4 Å². The molecule has 1 aromatic heterocycles. The van der Waals surface area contributed by atoms with Gasteiger partial charge in [-0.25, -0.2) is 9.18 Å². The number of anilines is 2. The van der Waals surface area contributed by atoms with Crippen molar-refractivity contribution >= 4 is 57.2 Å². The van der Waals surface area contributed by atoms with Gasteiger partial charge in [0.1, 0.15) is 5.82 Å². The number of nitrogens with zero attached hydrogens (tertiary/aromatic N) is 1. The second-order valence-electron chi connectivity index (χ2n) is 6.38. The van der Waals surface area contributed by atoms with Crippen LogP contribution in [0.1, 0.15) is 22.3 Å². The quantitative estimate of drug-likeness (QED) is 0.549. The summed E-state index contributed by atoms with van der Waals surface area (Å²) in [6, 6.07) is 9.07. The number of hydrogen-bond acceptors (Lipinski definition) is 4. The molecule has 4 nitrogen and oxygen atoms in total. The van der Waals surface area contributed by atoms with Crippen LogP contribution < -0.4 is 5.32 Å². The Morgan fingerprint density at radius 1 is 1.25 bits per heavy atom. The first-order chi connectivity index (χ1) is 13.5. The average Bonchev–Trinajstić information content (AvgIpc) is 2.70. The summed E-state index contributed by atoms with van der Waals surface area (Å²) in [6.45, 7) is 0. The van der Waals surface area contributed by atoms with Crippen molar-refractivity contribution in [1.29, 1.82) is 0 Å². The maximum absolute atomic E-state index is 13.6. The van der Waals surface area contributed by atoms with Gasteiger partial charge in [-0.2, -0.15) is 11.8 Å². The van der Waals surface area contributed by atoms with Gasteiger partial charge < -0.3 is 10.4 Å². The number of thioether (sulfide) groups is 1. The molecule has 142 valence electrons. The molecule has 28 heavy (non-hydrogen) atoms. The zero-order chi connectivity index (χ0) is 19.7. The molecule has 4 rings (SSSR count). The lowest BCUT2D eigenvalue weighted by Gasteiger charge is -2.20. The molecule has 0 amide bonds. The number of carbonyl (C=O) groups is 1. The number of halogens is 2. The molecule has 1 aliphatic heterocycles. The fourth-order valence-electron chi connectivity index (χ4n) is 3.25. The molecule has 0 radical (unpaired) electrons. The van der Waals surface area contributed by atoms with Gasteiger partial charge in [0.05, 0.1) is 22.5 Å². The lowest BCUT2D eigenvalue weighted by molar-refractivity contribution is 0.0697. The number of fused-ring (bicyclic) bond motifs is 1. The van der Waals surface area contributed by atoms with Gasteiger partial charge in [0.25, 0.3) is 0 Å². The molecule has 0 bridgehead atoms. The molecule has 0 saturated heterocycles. The maximum Gasteiger partial charge on any atom is 0.337 e. The zero-order valence-electron chi connectivity index (χ0n) is 14.7. The van der Waals surface area contributed by atoms with Crippen LogP contribution in [0.2, 0.25) is 5.02 Å². The SMILES string of the molecule is O=C(O)c1cc(F)ccc1Nc1c(C2=CCSCC2)cnc2ccc(Cl)cc12. The third-order valence-corrected chi connectivity index (χ3v) is 5.74. The molecule has 3 aromatic rings. The van der Waals surface area contributed by atoms with E-state index in [1.165, 1.54) is 12.1 Å². The van der Waals surface area contributed by atoms with Crippen LogP contribution in [0.15, 0.2) is 48.7 Å². The highest BCUT2D eigenvalue weighted by atomic mass is 35.5. The fourth-order valence-corrected chi connectivity index (χ4v) is 4.27. The Hall–Kier alpha value is -2.57. The third-order valence-electron chi connectivity index (χ3n) is 4.61. The normalized spacial score (nSPS) is 14.0. The first-order valence-corrected chi connectivity index (χ1v) is 10.2. The number of carboxylic acids is 1. The topological polar surface area (TPSA) is 62.2 Å². The number of allylic oxidation sites excluding steroid dienone is 1. The van der Waals surface area contributed by atoms with Crippen molar-refractivity contribution in [1.82, 2.24) is 4.98 Å². The van der Waals surface area contributed by atoms with E-state index in [0.717, 1.165) is 51.7 Å². The minimum absolute atomic E-state index is 0.133. The van der Waals surface area contributed by atoms with E-state index in [0.29, 0.717) is 10.7 Å². The number of benzene rings is 2. The smallest absolute Gasteiger partial charge is 0.337 e. The molecule has 2 heterocycles. The number of aromatic nitrogens is 1. The van der Waals surface area contributed by atoms with Crippen LogP contribution in [0.3, 0.4) is 0 Å². The van der Waals surface area contributed by atoms with Crippen molar-refractivity contribution in [2.24, 2.45) is 0 Å². The van der Waals surface area contributed by atoms with Crippen LogP contribution in [0.25, 0.3) is 16.5 Å². The molecule has 0 unspecified atom stereocenters. The predicted octanol–water partition coefficient (Wildman–Crippen LogP) is 5.99. The number of rotatable bonds is 4. The second kappa shape index (κ2) is 7.81. The summed E-state index contributed by atoms with van der Waals surface area (Å²) < 4.78 is 13.6. The van der Waals surface area contributed by atoms with Gasteiger partial charge in [0.2, 0.25) is 0 Å². The molecule has 7 heteroatoms. The number of pyridine rings is 1.